The van der Waals surface area contributed by atoms with Gasteiger partial charge >= 0.3 is 5.97 Å². The monoisotopic (exact) mass is 332 g/mol. The van der Waals surface area contributed by atoms with E-state index in [4.69, 9.17) is 4.74 Å². The van der Waals surface area contributed by atoms with E-state index < -0.39 is 5.60 Å². The van der Waals surface area contributed by atoms with Gasteiger partial charge in [0.25, 0.3) is 0 Å². The Hall–Kier alpha value is -2.52. The minimum absolute atomic E-state index is 0.296. The normalized spacial score (nSPS) is 14.4. The largest absolute Gasteiger partial charge is 0.444 e. The molecule has 1 aliphatic heterocycles. The zero-order valence-corrected chi connectivity index (χ0v) is 14.0. The molecule has 0 saturated carbocycles. The predicted molar refractivity (Wildman–Crippen MR) is 95.1 cm³/mol. The second-order valence-electron chi connectivity index (χ2n) is 5.74. The predicted octanol–water partition coefficient (Wildman–Crippen LogP) is 5.01. The molecule has 0 bridgehead atoms. The van der Waals surface area contributed by atoms with Gasteiger partial charge in [-0.1, -0.05) is 78.5 Å². The van der Waals surface area contributed by atoms with Gasteiger partial charge in [0.1, 0.15) is 0 Å². The maximum Gasteiger partial charge on any atom is 0.304 e. The lowest BCUT2D eigenvalue weighted by Gasteiger charge is -2.39. The fraction of sp³-hybridized carbons (Fsp3) is 0.0952. The van der Waals surface area contributed by atoms with E-state index in [0.717, 1.165) is 26.5 Å². The molecule has 0 radical (unpaired) electrons. The van der Waals surface area contributed by atoms with Crippen LogP contribution in [0, 0.1) is 0 Å². The van der Waals surface area contributed by atoms with E-state index in [0.29, 0.717) is 0 Å². The molecule has 0 atom stereocenters. The summed E-state index contributed by atoms with van der Waals surface area (Å²) < 4.78 is 6.07. The van der Waals surface area contributed by atoms with Crippen molar-refractivity contribution < 1.29 is 9.53 Å². The summed E-state index contributed by atoms with van der Waals surface area (Å²) in [7, 11) is 0. The Morgan fingerprint density at radius 3 is 1.83 bits per heavy atom. The Morgan fingerprint density at radius 1 is 0.792 bits per heavy atom. The van der Waals surface area contributed by atoms with Gasteiger partial charge < -0.3 is 4.74 Å². The number of hydrogen-bond donors (Lipinski definition) is 0. The first-order valence-electron chi connectivity index (χ1n) is 7.84. The van der Waals surface area contributed by atoms with E-state index in [1.165, 1.54) is 6.92 Å². The topological polar surface area (TPSA) is 26.3 Å². The van der Waals surface area contributed by atoms with Gasteiger partial charge in [0.15, 0.2) is 5.60 Å². The Bertz CT molecular complexity index is 857. The number of rotatable bonds is 2. The fourth-order valence-corrected chi connectivity index (χ4v) is 4.50. The Morgan fingerprint density at radius 2 is 1.29 bits per heavy atom. The number of esters is 1. The number of hydrogen-bond acceptors (Lipinski definition) is 3. The maximum absolute atomic E-state index is 12.1. The summed E-state index contributed by atoms with van der Waals surface area (Å²) in [5, 5.41) is 0. The molecule has 0 N–H and O–H groups in total. The van der Waals surface area contributed by atoms with E-state index >= 15 is 0 Å². The number of carbonyl (C=O) groups is 1. The van der Waals surface area contributed by atoms with Gasteiger partial charge in [0, 0.05) is 33.4 Å². The van der Waals surface area contributed by atoms with Crippen LogP contribution < -0.4 is 0 Å². The van der Waals surface area contributed by atoms with Crippen molar-refractivity contribution >= 4 is 17.7 Å². The van der Waals surface area contributed by atoms with Gasteiger partial charge in [0.05, 0.1) is 0 Å². The minimum atomic E-state index is -0.911. The molecule has 0 aromatic heterocycles. The Balaban J connectivity index is 2.10. The van der Waals surface area contributed by atoms with Crippen LogP contribution in [0.25, 0.3) is 0 Å². The van der Waals surface area contributed by atoms with Crippen molar-refractivity contribution in [3.8, 4) is 0 Å². The average Bonchev–Trinajstić information content (AvgIpc) is 2.62. The van der Waals surface area contributed by atoms with Crippen LogP contribution in [-0.4, -0.2) is 5.97 Å². The quantitative estimate of drug-likeness (QED) is 0.617. The lowest BCUT2D eigenvalue weighted by atomic mass is 9.79. The first-order valence-corrected chi connectivity index (χ1v) is 8.65. The van der Waals surface area contributed by atoms with Crippen molar-refractivity contribution in [3.05, 3.63) is 95.6 Å². The minimum Gasteiger partial charge on any atom is -0.444 e. The molecule has 24 heavy (non-hydrogen) atoms. The van der Waals surface area contributed by atoms with Crippen LogP contribution in [-0.2, 0) is 15.1 Å². The van der Waals surface area contributed by atoms with E-state index in [1.54, 1.807) is 11.8 Å². The van der Waals surface area contributed by atoms with Crippen molar-refractivity contribution in [2.75, 3.05) is 0 Å². The van der Waals surface area contributed by atoms with Gasteiger partial charge in [-0.3, -0.25) is 4.79 Å². The molecule has 3 aromatic rings. The third kappa shape index (κ3) is 2.24. The lowest BCUT2D eigenvalue weighted by molar-refractivity contribution is -0.151. The summed E-state index contributed by atoms with van der Waals surface area (Å²) >= 11 is 1.72. The Kier molecular flexibility index (Phi) is 3.66. The summed E-state index contributed by atoms with van der Waals surface area (Å²) in [6, 6.07) is 26.3. The SMILES string of the molecule is CC(=O)OC1(c2ccccc2)c2ccccc2Sc2ccccc21. The average molecular weight is 332 g/mol. The molecule has 4 rings (SSSR count). The van der Waals surface area contributed by atoms with Crippen LogP contribution >= 0.6 is 11.8 Å². The Labute approximate surface area is 145 Å². The number of ether oxygens (including phenoxy) is 1. The first-order chi connectivity index (χ1) is 11.7. The third-order valence-electron chi connectivity index (χ3n) is 4.23. The molecule has 2 nitrogen and oxygen atoms in total. The van der Waals surface area contributed by atoms with Gasteiger partial charge in [0.2, 0.25) is 0 Å². The maximum atomic E-state index is 12.1. The molecular weight excluding hydrogens is 316 g/mol. The zero-order valence-electron chi connectivity index (χ0n) is 13.2. The third-order valence-corrected chi connectivity index (χ3v) is 5.38. The molecule has 3 heteroatoms. The van der Waals surface area contributed by atoms with Gasteiger partial charge in [-0.25, -0.2) is 0 Å². The van der Waals surface area contributed by atoms with E-state index in [9.17, 15) is 4.79 Å². The summed E-state index contributed by atoms with van der Waals surface area (Å²) in [5.74, 6) is -0.296. The van der Waals surface area contributed by atoms with Crippen molar-refractivity contribution in [3.63, 3.8) is 0 Å². The number of benzene rings is 3. The smallest absolute Gasteiger partial charge is 0.304 e. The fourth-order valence-electron chi connectivity index (χ4n) is 3.32. The van der Waals surface area contributed by atoms with Crippen LogP contribution in [0.4, 0.5) is 0 Å². The highest BCUT2D eigenvalue weighted by Gasteiger charge is 2.45. The van der Waals surface area contributed by atoms with Crippen LogP contribution in [0.15, 0.2) is 88.7 Å². The molecule has 118 valence electrons. The van der Waals surface area contributed by atoms with E-state index in [2.05, 4.69) is 12.1 Å². The first kappa shape index (κ1) is 15.0. The molecule has 0 unspecified atom stereocenters. The lowest BCUT2D eigenvalue weighted by Crippen LogP contribution is -2.37. The summed E-state index contributed by atoms with van der Waals surface area (Å²) in [6.07, 6.45) is 0. The highest BCUT2D eigenvalue weighted by molar-refractivity contribution is 7.99. The highest BCUT2D eigenvalue weighted by Crippen LogP contribution is 2.52. The van der Waals surface area contributed by atoms with Crippen molar-refractivity contribution in [2.45, 2.75) is 22.3 Å². The van der Waals surface area contributed by atoms with E-state index in [1.807, 2.05) is 66.7 Å². The summed E-state index contributed by atoms with van der Waals surface area (Å²) in [6.45, 7) is 1.47. The number of fused-ring (bicyclic) bond motifs is 2. The molecule has 0 aliphatic carbocycles. The molecule has 3 aromatic carbocycles. The summed E-state index contributed by atoms with van der Waals surface area (Å²) in [5.41, 5.74) is 2.07. The van der Waals surface area contributed by atoms with Gasteiger partial charge in [-0.2, -0.15) is 0 Å². The van der Waals surface area contributed by atoms with Crippen molar-refractivity contribution in [1.82, 2.24) is 0 Å². The standard InChI is InChI=1S/C21H16O2S/c1-15(22)23-21(16-9-3-2-4-10-16)17-11-5-7-13-19(17)24-20-14-8-6-12-18(20)21/h2-14H,1H3. The van der Waals surface area contributed by atoms with Crippen LogP contribution in [0.3, 0.4) is 0 Å². The summed E-state index contributed by atoms with van der Waals surface area (Å²) in [4.78, 5) is 14.3. The molecule has 0 amide bonds. The highest BCUT2D eigenvalue weighted by atomic mass is 32.2. The number of carbonyl (C=O) groups excluding carboxylic acids is 1. The zero-order chi connectivity index (χ0) is 16.6. The molecule has 0 fully saturated rings. The van der Waals surface area contributed by atoms with Crippen molar-refractivity contribution in [1.29, 1.82) is 0 Å². The van der Waals surface area contributed by atoms with Crippen molar-refractivity contribution in [2.24, 2.45) is 0 Å². The van der Waals surface area contributed by atoms with Gasteiger partial charge in [-0.15, -0.1) is 0 Å². The molecule has 0 saturated heterocycles. The molecular formula is C21H16O2S. The van der Waals surface area contributed by atoms with E-state index in [-0.39, 0.29) is 5.97 Å². The molecule has 1 aliphatic rings. The van der Waals surface area contributed by atoms with Crippen LogP contribution in [0.5, 0.6) is 0 Å². The molecule has 0 spiro atoms. The van der Waals surface area contributed by atoms with Crippen LogP contribution in [0.2, 0.25) is 0 Å². The van der Waals surface area contributed by atoms with Crippen LogP contribution in [0.1, 0.15) is 23.6 Å². The second-order valence-corrected chi connectivity index (χ2v) is 6.82. The second kappa shape index (κ2) is 5.84. The van der Waals surface area contributed by atoms with Gasteiger partial charge in [-0.05, 0) is 12.1 Å². The molecule has 1 heterocycles.